The molecule has 0 amide bonds. The number of carboxylic acid groups (broad SMARTS) is 1. The molecule has 4 heteroatoms. The fourth-order valence-corrected chi connectivity index (χ4v) is 2.16. The van der Waals surface area contributed by atoms with Crippen LogP contribution in [0.25, 0.3) is 10.9 Å². The van der Waals surface area contributed by atoms with Crippen LogP contribution in [-0.4, -0.2) is 20.6 Å². The van der Waals surface area contributed by atoms with Crippen LogP contribution in [0.15, 0.2) is 55.0 Å². The maximum Gasteiger partial charge on any atom is 0.335 e. The minimum atomic E-state index is -0.899. The van der Waals surface area contributed by atoms with E-state index in [1.54, 1.807) is 24.5 Å². The van der Waals surface area contributed by atoms with Crippen LogP contribution in [0.2, 0.25) is 0 Å². The molecule has 0 unspecified atom stereocenters. The van der Waals surface area contributed by atoms with Gasteiger partial charge in [-0.3, -0.25) is 4.98 Å². The summed E-state index contributed by atoms with van der Waals surface area (Å²) < 4.78 is 2.09. The number of aromatic nitrogens is 2. The predicted octanol–water partition coefficient (Wildman–Crippen LogP) is 2.78. The van der Waals surface area contributed by atoms with Gasteiger partial charge in [0.25, 0.3) is 0 Å². The Hall–Kier alpha value is -2.62. The Bertz CT molecular complexity index is 732. The van der Waals surface area contributed by atoms with Crippen molar-refractivity contribution in [2.75, 3.05) is 0 Å². The topological polar surface area (TPSA) is 55.1 Å². The first kappa shape index (κ1) is 11.5. The SMILES string of the molecule is O=C(O)c1ccc2c(ccn2Cc2ccncc2)c1. The molecule has 2 heterocycles. The lowest BCUT2D eigenvalue weighted by Gasteiger charge is -2.05. The number of carbonyl (C=O) groups is 1. The molecular formula is C15H12N2O2. The summed E-state index contributed by atoms with van der Waals surface area (Å²) in [6.45, 7) is 0.748. The molecule has 0 radical (unpaired) electrons. The van der Waals surface area contributed by atoms with Crippen molar-refractivity contribution in [2.45, 2.75) is 6.54 Å². The quantitative estimate of drug-likeness (QED) is 0.779. The van der Waals surface area contributed by atoms with Gasteiger partial charge in [-0.25, -0.2) is 4.79 Å². The van der Waals surface area contributed by atoms with Crippen LogP contribution < -0.4 is 0 Å². The van der Waals surface area contributed by atoms with Gasteiger partial charge in [-0.2, -0.15) is 0 Å². The molecule has 19 heavy (non-hydrogen) atoms. The third-order valence-electron chi connectivity index (χ3n) is 3.12. The largest absolute Gasteiger partial charge is 0.478 e. The van der Waals surface area contributed by atoms with E-state index in [0.717, 1.165) is 23.0 Å². The van der Waals surface area contributed by atoms with Crippen LogP contribution >= 0.6 is 0 Å². The van der Waals surface area contributed by atoms with Gasteiger partial charge in [0, 0.05) is 36.0 Å². The zero-order chi connectivity index (χ0) is 13.2. The van der Waals surface area contributed by atoms with E-state index in [-0.39, 0.29) is 0 Å². The second-order valence-corrected chi connectivity index (χ2v) is 4.38. The van der Waals surface area contributed by atoms with E-state index in [1.165, 1.54) is 0 Å². The zero-order valence-corrected chi connectivity index (χ0v) is 10.2. The van der Waals surface area contributed by atoms with Gasteiger partial charge in [0.2, 0.25) is 0 Å². The lowest BCUT2D eigenvalue weighted by atomic mass is 10.1. The number of pyridine rings is 1. The van der Waals surface area contributed by atoms with Crippen LogP contribution in [0, 0.1) is 0 Å². The molecule has 0 saturated carbocycles. The Morgan fingerprint density at radius 1 is 1.16 bits per heavy atom. The first-order valence-electron chi connectivity index (χ1n) is 5.95. The fraction of sp³-hybridized carbons (Fsp3) is 0.0667. The Labute approximate surface area is 109 Å². The fourth-order valence-electron chi connectivity index (χ4n) is 2.16. The van der Waals surface area contributed by atoms with Gasteiger partial charge in [0.15, 0.2) is 0 Å². The zero-order valence-electron chi connectivity index (χ0n) is 10.2. The molecule has 0 spiro atoms. The number of aromatic carboxylic acids is 1. The molecule has 4 nitrogen and oxygen atoms in total. The van der Waals surface area contributed by atoms with Crippen molar-refractivity contribution < 1.29 is 9.90 Å². The van der Waals surface area contributed by atoms with E-state index in [0.29, 0.717) is 5.56 Å². The molecule has 3 aromatic rings. The standard InChI is InChI=1S/C15H12N2O2/c18-15(19)13-1-2-14-12(9-13)5-8-17(14)10-11-3-6-16-7-4-11/h1-9H,10H2,(H,18,19). The van der Waals surface area contributed by atoms with Gasteiger partial charge in [0.05, 0.1) is 5.56 Å². The third kappa shape index (κ3) is 2.20. The van der Waals surface area contributed by atoms with Crippen molar-refractivity contribution in [2.24, 2.45) is 0 Å². The molecule has 0 aliphatic heterocycles. The van der Waals surface area contributed by atoms with Crippen LogP contribution in [0.5, 0.6) is 0 Å². The van der Waals surface area contributed by atoms with Crippen molar-refractivity contribution >= 4 is 16.9 Å². The van der Waals surface area contributed by atoms with Gasteiger partial charge in [-0.15, -0.1) is 0 Å². The number of hydrogen-bond acceptors (Lipinski definition) is 2. The third-order valence-corrected chi connectivity index (χ3v) is 3.12. The number of fused-ring (bicyclic) bond motifs is 1. The monoisotopic (exact) mass is 252 g/mol. The molecule has 1 aromatic carbocycles. The van der Waals surface area contributed by atoms with Gasteiger partial charge in [0.1, 0.15) is 0 Å². The Morgan fingerprint density at radius 3 is 2.68 bits per heavy atom. The van der Waals surface area contributed by atoms with Crippen molar-refractivity contribution in [1.29, 1.82) is 0 Å². The van der Waals surface area contributed by atoms with E-state index < -0.39 is 5.97 Å². The predicted molar refractivity (Wildman–Crippen MR) is 72.2 cm³/mol. The second kappa shape index (κ2) is 4.57. The molecule has 0 saturated heterocycles. The average molecular weight is 252 g/mol. The molecular weight excluding hydrogens is 240 g/mol. The molecule has 0 aliphatic rings. The number of carboxylic acids is 1. The molecule has 2 aromatic heterocycles. The Kier molecular flexibility index (Phi) is 2.76. The molecule has 0 atom stereocenters. The molecule has 0 fully saturated rings. The number of benzene rings is 1. The van der Waals surface area contributed by atoms with E-state index in [9.17, 15) is 4.79 Å². The number of rotatable bonds is 3. The number of hydrogen-bond donors (Lipinski definition) is 1. The highest BCUT2D eigenvalue weighted by Crippen LogP contribution is 2.19. The normalized spacial score (nSPS) is 10.7. The van der Waals surface area contributed by atoms with Crippen LogP contribution in [0.3, 0.4) is 0 Å². The van der Waals surface area contributed by atoms with Gasteiger partial charge in [-0.1, -0.05) is 0 Å². The maximum absolute atomic E-state index is 10.9. The molecule has 0 bridgehead atoms. The summed E-state index contributed by atoms with van der Waals surface area (Å²) >= 11 is 0. The van der Waals surface area contributed by atoms with Crippen LogP contribution in [-0.2, 0) is 6.54 Å². The maximum atomic E-state index is 10.9. The van der Waals surface area contributed by atoms with Crippen molar-refractivity contribution in [3.05, 3.63) is 66.1 Å². The van der Waals surface area contributed by atoms with E-state index >= 15 is 0 Å². The highest BCUT2D eigenvalue weighted by molar-refractivity contribution is 5.93. The van der Waals surface area contributed by atoms with Crippen molar-refractivity contribution in [1.82, 2.24) is 9.55 Å². The molecule has 94 valence electrons. The average Bonchev–Trinajstić information content (AvgIpc) is 2.82. The lowest BCUT2D eigenvalue weighted by Crippen LogP contribution is -1.99. The Balaban J connectivity index is 1.99. The molecule has 1 N–H and O–H groups in total. The van der Waals surface area contributed by atoms with Gasteiger partial charge in [-0.05, 0) is 42.0 Å². The van der Waals surface area contributed by atoms with Crippen LogP contribution in [0.1, 0.15) is 15.9 Å². The van der Waals surface area contributed by atoms with Gasteiger partial charge < -0.3 is 9.67 Å². The number of nitrogens with zero attached hydrogens (tertiary/aromatic N) is 2. The first-order chi connectivity index (χ1) is 9.24. The van der Waals surface area contributed by atoms with Crippen LogP contribution in [0.4, 0.5) is 0 Å². The summed E-state index contributed by atoms with van der Waals surface area (Å²) in [4.78, 5) is 14.9. The molecule has 3 rings (SSSR count). The van der Waals surface area contributed by atoms with Crippen molar-refractivity contribution in [3.63, 3.8) is 0 Å². The summed E-state index contributed by atoms with van der Waals surface area (Å²) in [5, 5.41) is 9.91. The van der Waals surface area contributed by atoms with E-state index in [4.69, 9.17) is 5.11 Å². The lowest BCUT2D eigenvalue weighted by molar-refractivity contribution is 0.0697. The van der Waals surface area contributed by atoms with E-state index in [2.05, 4.69) is 9.55 Å². The van der Waals surface area contributed by atoms with Gasteiger partial charge >= 0.3 is 5.97 Å². The van der Waals surface area contributed by atoms with Crippen molar-refractivity contribution in [3.8, 4) is 0 Å². The summed E-state index contributed by atoms with van der Waals surface area (Å²) in [5.41, 5.74) is 2.51. The smallest absolute Gasteiger partial charge is 0.335 e. The summed E-state index contributed by atoms with van der Waals surface area (Å²) in [6, 6.07) is 11.0. The second-order valence-electron chi connectivity index (χ2n) is 4.38. The summed E-state index contributed by atoms with van der Waals surface area (Å²) in [6.07, 6.45) is 5.50. The highest BCUT2D eigenvalue weighted by atomic mass is 16.4. The molecule has 0 aliphatic carbocycles. The summed E-state index contributed by atoms with van der Waals surface area (Å²) in [5.74, 6) is -0.899. The summed E-state index contributed by atoms with van der Waals surface area (Å²) in [7, 11) is 0. The van der Waals surface area contributed by atoms with E-state index in [1.807, 2.05) is 30.5 Å². The minimum Gasteiger partial charge on any atom is -0.478 e. The first-order valence-corrected chi connectivity index (χ1v) is 5.95. The minimum absolute atomic E-state index is 0.314. The highest BCUT2D eigenvalue weighted by Gasteiger charge is 2.06. The Morgan fingerprint density at radius 2 is 1.95 bits per heavy atom.